The summed E-state index contributed by atoms with van der Waals surface area (Å²) in [7, 11) is 2.00. The summed E-state index contributed by atoms with van der Waals surface area (Å²) in [5.74, 6) is 0.125. The van der Waals surface area contributed by atoms with Crippen molar-refractivity contribution in [2.75, 3.05) is 18.5 Å². The van der Waals surface area contributed by atoms with Gasteiger partial charge in [-0.25, -0.2) is 0 Å². The van der Waals surface area contributed by atoms with E-state index in [9.17, 15) is 0 Å². The molecule has 0 aliphatic rings. The van der Waals surface area contributed by atoms with E-state index in [1.807, 2.05) is 26.1 Å². The first-order chi connectivity index (χ1) is 6.56. The smallest absolute Gasteiger partial charge is 0.124 e. The Morgan fingerprint density at radius 2 is 2.14 bits per heavy atom. The molecule has 0 spiro atoms. The molecule has 0 bridgehead atoms. The number of nitrogens with two attached hydrogens (primary N) is 1. The predicted octanol–water partition coefficient (Wildman–Crippen LogP) is 1.74. The number of rotatable bonds is 3. The van der Waals surface area contributed by atoms with Crippen molar-refractivity contribution in [2.45, 2.75) is 13.8 Å². The zero-order chi connectivity index (χ0) is 10.7. The molecule has 76 valence electrons. The third-order valence-electron chi connectivity index (χ3n) is 2.33. The molecule has 1 aromatic carbocycles. The van der Waals surface area contributed by atoms with Gasteiger partial charge in [-0.1, -0.05) is 6.07 Å². The van der Waals surface area contributed by atoms with E-state index in [1.54, 1.807) is 0 Å². The van der Waals surface area contributed by atoms with Crippen LogP contribution in [0, 0.1) is 12.3 Å². The van der Waals surface area contributed by atoms with E-state index in [0.29, 0.717) is 0 Å². The molecule has 3 nitrogen and oxygen atoms in total. The predicted molar refractivity (Wildman–Crippen MR) is 61.1 cm³/mol. The quantitative estimate of drug-likeness (QED) is 0.564. The number of amidine groups is 1. The molecule has 1 aromatic rings. The van der Waals surface area contributed by atoms with Crippen molar-refractivity contribution >= 4 is 11.5 Å². The number of nitrogens with one attached hydrogen (secondary N) is 1. The first-order valence-electron chi connectivity index (χ1n) is 4.72. The Hall–Kier alpha value is -1.51. The van der Waals surface area contributed by atoms with Crippen molar-refractivity contribution < 1.29 is 0 Å². The largest absolute Gasteiger partial charge is 0.384 e. The van der Waals surface area contributed by atoms with Crippen LogP contribution in [0.25, 0.3) is 0 Å². The molecular weight excluding hydrogens is 174 g/mol. The zero-order valence-corrected chi connectivity index (χ0v) is 8.96. The number of anilines is 1. The molecular formula is C11H17N3. The first-order valence-corrected chi connectivity index (χ1v) is 4.72. The van der Waals surface area contributed by atoms with Crippen LogP contribution in [-0.2, 0) is 0 Å². The molecule has 1 rings (SSSR count). The van der Waals surface area contributed by atoms with Crippen LogP contribution < -0.4 is 10.6 Å². The Bertz CT molecular complexity index is 344. The highest BCUT2D eigenvalue weighted by molar-refractivity contribution is 6.00. The van der Waals surface area contributed by atoms with Gasteiger partial charge in [-0.2, -0.15) is 0 Å². The van der Waals surface area contributed by atoms with Gasteiger partial charge in [-0.05, 0) is 31.5 Å². The molecule has 0 atom stereocenters. The summed E-state index contributed by atoms with van der Waals surface area (Å²) in [6, 6.07) is 5.93. The summed E-state index contributed by atoms with van der Waals surface area (Å²) < 4.78 is 0. The van der Waals surface area contributed by atoms with Crippen molar-refractivity contribution in [2.24, 2.45) is 5.73 Å². The van der Waals surface area contributed by atoms with Gasteiger partial charge >= 0.3 is 0 Å². The zero-order valence-electron chi connectivity index (χ0n) is 8.96. The van der Waals surface area contributed by atoms with Crippen LogP contribution in [-0.4, -0.2) is 19.4 Å². The van der Waals surface area contributed by atoms with Crippen LogP contribution in [0.1, 0.15) is 18.1 Å². The van der Waals surface area contributed by atoms with E-state index in [1.165, 1.54) is 5.56 Å². The van der Waals surface area contributed by atoms with Crippen LogP contribution in [0.15, 0.2) is 18.2 Å². The minimum Gasteiger partial charge on any atom is -0.384 e. The Labute approximate surface area is 85.0 Å². The van der Waals surface area contributed by atoms with Gasteiger partial charge < -0.3 is 10.6 Å². The fourth-order valence-electron chi connectivity index (χ4n) is 1.36. The number of nitrogen functional groups attached to an aromatic ring is 1. The van der Waals surface area contributed by atoms with Crippen LogP contribution in [0.3, 0.4) is 0 Å². The average Bonchev–Trinajstić information content (AvgIpc) is 2.16. The van der Waals surface area contributed by atoms with Crippen molar-refractivity contribution in [1.29, 1.82) is 5.41 Å². The van der Waals surface area contributed by atoms with Gasteiger partial charge in [0.2, 0.25) is 0 Å². The van der Waals surface area contributed by atoms with E-state index in [2.05, 4.69) is 17.9 Å². The molecule has 3 heteroatoms. The van der Waals surface area contributed by atoms with Gasteiger partial charge in [0, 0.05) is 24.8 Å². The molecule has 0 aromatic heterocycles. The van der Waals surface area contributed by atoms with E-state index in [0.717, 1.165) is 17.8 Å². The number of nitrogens with zero attached hydrogens (tertiary/aromatic N) is 1. The van der Waals surface area contributed by atoms with E-state index >= 15 is 0 Å². The standard InChI is InChI=1S/C11H17N3/c1-4-14(3)10-7-8(2)5-6-9(10)11(12)13/h5-7H,4H2,1-3H3,(H3,12,13). The highest BCUT2D eigenvalue weighted by Gasteiger charge is 2.08. The Morgan fingerprint density at radius 3 is 2.64 bits per heavy atom. The molecule has 0 saturated heterocycles. The lowest BCUT2D eigenvalue weighted by molar-refractivity contribution is 0.964. The van der Waals surface area contributed by atoms with E-state index < -0.39 is 0 Å². The lowest BCUT2D eigenvalue weighted by Gasteiger charge is -2.20. The highest BCUT2D eigenvalue weighted by Crippen LogP contribution is 2.20. The fraction of sp³-hybridized carbons (Fsp3) is 0.364. The van der Waals surface area contributed by atoms with Crippen molar-refractivity contribution in [3.63, 3.8) is 0 Å². The monoisotopic (exact) mass is 191 g/mol. The van der Waals surface area contributed by atoms with Gasteiger partial charge in [0.25, 0.3) is 0 Å². The molecule has 0 radical (unpaired) electrons. The lowest BCUT2D eigenvalue weighted by Crippen LogP contribution is -2.22. The van der Waals surface area contributed by atoms with Crippen LogP contribution in [0.5, 0.6) is 0 Å². The second kappa shape index (κ2) is 4.13. The molecule has 14 heavy (non-hydrogen) atoms. The van der Waals surface area contributed by atoms with Crippen molar-refractivity contribution in [3.8, 4) is 0 Å². The molecule has 0 unspecified atom stereocenters. The van der Waals surface area contributed by atoms with E-state index in [-0.39, 0.29) is 5.84 Å². The van der Waals surface area contributed by atoms with Gasteiger partial charge in [0.05, 0.1) is 0 Å². The van der Waals surface area contributed by atoms with Crippen molar-refractivity contribution in [1.82, 2.24) is 0 Å². The number of hydrogen-bond acceptors (Lipinski definition) is 2. The SMILES string of the molecule is CCN(C)c1cc(C)ccc1C(=N)N. The van der Waals surface area contributed by atoms with Gasteiger partial charge in [0.15, 0.2) is 0 Å². The maximum absolute atomic E-state index is 7.47. The Balaban J connectivity index is 3.22. The normalized spacial score (nSPS) is 9.93. The van der Waals surface area contributed by atoms with Gasteiger partial charge in [-0.3, -0.25) is 5.41 Å². The lowest BCUT2D eigenvalue weighted by atomic mass is 10.1. The number of benzene rings is 1. The maximum Gasteiger partial charge on any atom is 0.124 e. The van der Waals surface area contributed by atoms with E-state index in [4.69, 9.17) is 11.1 Å². The Kier molecular flexibility index (Phi) is 3.12. The summed E-state index contributed by atoms with van der Waals surface area (Å²) in [4.78, 5) is 2.09. The second-order valence-electron chi connectivity index (χ2n) is 3.45. The summed E-state index contributed by atoms with van der Waals surface area (Å²) in [6.45, 7) is 5.02. The molecule has 0 aliphatic heterocycles. The molecule has 0 aliphatic carbocycles. The molecule has 0 fully saturated rings. The minimum absolute atomic E-state index is 0.125. The number of aryl methyl sites for hydroxylation is 1. The minimum atomic E-state index is 0.125. The van der Waals surface area contributed by atoms with Crippen molar-refractivity contribution in [3.05, 3.63) is 29.3 Å². The van der Waals surface area contributed by atoms with Crippen LogP contribution >= 0.6 is 0 Å². The molecule has 3 N–H and O–H groups in total. The maximum atomic E-state index is 7.47. The fourth-order valence-corrected chi connectivity index (χ4v) is 1.36. The third kappa shape index (κ3) is 2.05. The van der Waals surface area contributed by atoms with Crippen LogP contribution in [0.4, 0.5) is 5.69 Å². The van der Waals surface area contributed by atoms with Gasteiger partial charge in [-0.15, -0.1) is 0 Å². The second-order valence-corrected chi connectivity index (χ2v) is 3.45. The average molecular weight is 191 g/mol. The van der Waals surface area contributed by atoms with Gasteiger partial charge in [0.1, 0.15) is 5.84 Å². The highest BCUT2D eigenvalue weighted by atomic mass is 15.1. The summed E-state index contributed by atoms with van der Waals surface area (Å²) >= 11 is 0. The number of hydrogen-bond donors (Lipinski definition) is 2. The summed E-state index contributed by atoms with van der Waals surface area (Å²) in [6.07, 6.45) is 0. The summed E-state index contributed by atoms with van der Waals surface area (Å²) in [5, 5.41) is 7.47. The third-order valence-corrected chi connectivity index (χ3v) is 2.33. The van der Waals surface area contributed by atoms with Crippen LogP contribution in [0.2, 0.25) is 0 Å². The molecule has 0 heterocycles. The topological polar surface area (TPSA) is 53.1 Å². The first kappa shape index (κ1) is 10.6. The molecule has 0 amide bonds. The Morgan fingerprint density at radius 1 is 1.50 bits per heavy atom. The summed E-state index contributed by atoms with van der Waals surface area (Å²) in [5.41, 5.74) is 8.53. The molecule has 0 saturated carbocycles.